The van der Waals surface area contributed by atoms with Crippen LogP contribution in [-0.4, -0.2) is 29.4 Å². The molecule has 0 amide bonds. The molecule has 120 valence electrons. The van der Waals surface area contributed by atoms with Crippen LogP contribution >= 0.6 is 0 Å². The second-order valence-electron chi connectivity index (χ2n) is 5.97. The predicted octanol–water partition coefficient (Wildman–Crippen LogP) is 2.33. The molecule has 5 nitrogen and oxygen atoms in total. The van der Waals surface area contributed by atoms with Crippen LogP contribution in [-0.2, 0) is 6.42 Å². The lowest BCUT2D eigenvalue weighted by molar-refractivity contribution is 0.0986. The van der Waals surface area contributed by atoms with Gasteiger partial charge in [0.1, 0.15) is 11.6 Å². The number of hydrogen-bond donors (Lipinski definition) is 0. The maximum atomic E-state index is 14.2. The summed E-state index contributed by atoms with van der Waals surface area (Å²) in [5.74, 6) is -0.347. The Bertz CT molecular complexity index is 1070. The summed E-state index contributed by atoms with van der Waals surface area (Å²) in [4.78, 5) is 31.5. The molecule has 2 heterocycles. The number of ketones is 1. The van der Waals surface area contributed by atoms with Crippen molar-refractivity contribution >= 4 is 22.4 Å². The van der Waals surface area contributed by atoms with Crippen LogP contribution in [0.5, 0.6) is 0 Å². The van der Waals surface area contributed by atoms with Crippen LogP contribution in [0.4, 0.5) is 10.1 Å². The maximum Gasteiger partial charge on any atom is 0.266 e. The maximum absolute atomic E-state index is 14.2. The van der Waals surface area contributed by atoms with Gasteiger partial charge in [-0.25, -0.2) is 9.37 Å². The molecular weight excluding hydrogens is 309 g/mol. The zero-order valence-corrected chi connectivity index (χ0v) is 13.2. The number of Topliss-reactive ketones (excluding diaryl/α,β-unsaturated/α-hetero) is 1. The molecule has 0 spiro atoms. The van der Waals surface area contributed by atoms with Gasteiger partial charge >= 0.3 is 0 Å². The first-order valence-electron chi connectivity index (χ1n) is 7.53. The van der Waals surface area contributed by atoms with E-state index in [0.717, 1.165) is 0 Å². The van der Waals surface area contributed by atoms with Crippen molar-refractivity contribution in [2.75, 3.05) is 19.0 Å². The molecule has 0 aliphatic carbocycles. The quantitative estimate of drug-likeness (QED) is 0.690. The number of anilines is 1. The summed E-state index contributed by atoms with van der Waals surface area (Å²) < 4.78 is 15.7. The van der Waals surface area contributed by atoms with Crippen LogP contribution in [0.2, 0.25) is 0 Å². The van der Waals surface area contributed by atoms with Crippen molar-refractivity contribution in [1.82, 2.24) is 9.55 Å². The summed E-state index contributed by atoms with van der Waals surface area (Å²) in [6, 6.07) is 9.75. The van der Waals surface area contributed by atoms with Gasteiger partial charge in [-0.05, 0) is 24.3 Å². The lowest BCUT2D eigenvalue weighted by atomic mass is 9.98. The molecular formula is C18H14FN3O2. The Morgan fingerprint density at radius 3 is 2.62 bits per heavy atom. The fraction of sp³-hybridized carbons (Fsp3) is 0.167. The number of benzene rings is 2. The fourth-order valence-corrected chi connectivity index (χ4v) is 3.23. The number of aromatic nitrogens is 2. The normalized spacial score (nSPS) is 12.9. The predicted molar refractivity (Wildman–Crippen MR) is 89.7 cm³/mol. The number of rotatable bonds is 1. The summed E-state index contributed by atoms with van der Waals surface area (Å²) in [6.07, 6.45) is -0.0304. The highest BCUT2D eigenvalue weighted by Crippen LogP contribution is 2.32. The van der Waals surface area contributed by atoms with E-state index in [4.69, 9.17) is 0 Å². The summed E-state index contributed by atoms with van der Waals surface area (Å²) in [5, 5.41) is 0.470. The second-order valence-corrected chi connectivity index (χ2v) is 5.97. The largest absolute Gasteiger partial charge is 0.375 e. The van der Waals surface area contributed by atoms with Crippen molar-refractivity contribution < 1.29 is 9.18 Å². The van der Waals surface area contributed by atoms with Crippen molar-refractivity contribution in [3.8, 4) is 5.69 Å². The molecule has 1 aliphatic heterocycles. The van der Waals surface area contributed by atoms with E-state index in [9.17, 15) is 14.0 Å². The van der Waals surface area contributed by atoms with E-state index in [2.05, 4.69) is 4.98 Å². The third-order valence-corrected chi connectivity index (χ3v) is 4.24. The molecule has 0 unspecified atom stereocenters. The molecule has 0 saturated carbocycles. The van der Waals surface area contributed by atoms with Gasteiger partial charge in [-0.15, -0.1) is 0 Å². The van der Waals surface area contributed by atoms with Gasteiger partial charge in [0.15, 0.2) is 5.78 Å². The van der Waals surface area contributed by atoms with Gasteiger partial charge in [0.25, 0.3) is 5.56 Å². The van der Waals surface area contributed by atoms with Crippen molar-refractivity contribution in [2.24, 2.45) is 0 Å². The molecule has 0 saturated heterocycles. The molecule has 2 aromatic carbocycles. The Hall–Kier alpha value is -3.02. The SMILES string of the molecule is CN(C)c1c(F)ccc2c1C(=O)Cc1nc3ccccc3c(=O)n1-2. The van der Waals surface area contributed by atoms with E-state index in [1.165, 1.54) is 16.7 Å². The van der Waals surface area contributed by atoms with Gasteiger partial charge in [0.05, 0.1) is 34.3 Å². The van der Waals surface area contributed by atoms with Gasteiger partial charge in [0, 0.05) is 14.1 Å². The number of nitrogens with zero attached hydrogens (tertiary/aromatic N) is 3. The fourth-order valence-electron chi connectivity index (χ4n) is 3.23. The number of halogens is 1. The molecule has 1 aromatic heterocycles. The van der Waals surface area contributed by atoms with E-state index in [1.807, 2.05) is 0 Å². The van der Waals surface area contributed by atoms with Crippen LogP contribution in [0, 0.1) is 5.82 Å². The number of fused-ring (bicyclic) bond motifs is 4. The molecule has 1 aliphatic rings. The zero-order valence-electron chi connectivity index (χ0n) is 13.2. The minimum atomic E-state index is -0.489. The van der Waals surface area contributed by atoms with Crippen molar-refractivity contribution in [1.29, 1.82) is 0 Å². The van der Waals surface area contributed by atoms with Crippen molar-refractivity contribution in [3.63, 3.8) is 0 Å². The van der Waals surface area contributed by atoms with Crippen LogP contribution < -0.4 is 10.5 Å². The molecule has 0 N–H and O–H groups in total. The Morgan fingerprint density at radius 1 is 1.12 bits per heavy atom. The Kier molecular flexibility index (Phi) is 3.03. The lowest BCUT2D eigenvalue weighted by Crippen LogP contribution is -2.32. The highest BCUT2D eigenvalue weighted by molar-refractivity contribution is 6.07. The van der Waals surface area contributed by atoms with Crippen LogP contribution in [0.3, 0.4) is 0 Å². The molecule has 0 bridgehead atoms. The first-order valence-corrected chi connectivity index (χ1v) is 7.53. The van der Waals surface area contributed by atoms with E-state index in [0.29, 0.717) is 22.4 Å². The zero-order chi connectivity index (χ0) is 17.0. The van der Waals surface area contributed by atoms with E-state index in [1.54, 1.807) is 43.3 Å². The Morgan fingerprint density at radius 2 is 1.88 bits per heavy atom. The average molecular weight is 323 g/mol. The van der Waals surface area contributed by atoms with E-state index >= 15 is 0 Å². The second kappa shape index (κ2) is 4.99. The van der Waals surface area contributed by atoms with Gasteiger partial charge in [-0.1, -0.05) is 12.1 Å². The topological polar surface area (TPSA) is 55.2 Å². The molecule has 0 fully saturated rings. The number of hydrogen-bond acceptors (Lipinski definition) is 4. The van der Waals surface area contributed by atoms with Crippen molar-refractivity contribution in [3.05, 3.63) is 64.0 Å². The monoisotopic (exact) mass is 323 g/mol. The Balaban J connectivity index is 2.15. The highest BCUT2D eigenvalue weighted by atomic mass is 19.1. The van der Waals surface area contributed by atoms with Crippen LogP contribution in [0.1, 0.15) is 16.2 Å². The van der Waals surface area contributed by atoms with Crippen LogP contribution in [0.25, 0.3) is 16.6 Å². The highest BCUT2D eigenvalue weighted by Gasteiger charge is 2.30. The van der Waals surface area contributed by atoms with Crippen LogP contribution in [0.15, 0.2) is 41.2 Å². The van der Waals surface area contributed by atoms with Gasteiger partial charge in [-0.3, -0.25) is 14.2 Å². The molecule has 0 radical (unpaired) electrons. The number of carbonyl (C=O) groups excluding carboxylic acids is 1. The first-order chi connectivity index (χ1) is 11.5. The number of carbonyl (C=O) groups is 1. The minimum absolute atomic E-state index is 0.0304. The average Bonchev–Trinajstić information content (AvgIpc) is 2.54. The minimum Gasteiger partial charge on any atom is -0.375 e. The third kappa shape index (κ3) is 1.89. The summed E-state index contributed by atoms with van der Waals surface area (Å²) in [6.45, 7) is 0. The van der Waals surface area contributed by atoms with Gasteiger partial charge < -0.3 is 4.90 Å². The molecule has 0 atom stereocenters. The Labute approximate surface area is 137 Å². The van der Waals surface area contributed by atoms with Gasteiger partial charge in [-0.2, -0.15) is 0 Å². The third-order valence-electron chi connectivity index (χ3n) is 4.24. The number of para-hydroxylation sites is 1. The smallest absolute Gasteiger partial charge is 0.266 e. The standard InChI is InChI=1S/C18H14FN3O2/c1-21(2)17-11(19)7-8-13-16(17)14(23)9-15-20-12-6-4-3-5-10(12)18(24)22(13)15/h3-8H,9H2,1-2H3. The summed E-state index contributed by atoms with van der Waals surface area (Å²) in [5.41, 5.74) is 1.12. The molecule has 24 heavy (non-hydrogen) atoms. The summed E-state index contributed by atoms with van der Waals surface area (Å²) >= 11 is 0. The van der Waals surface area contributed by atoms with E-state index < -0.39 is 5.82 Å². The lowest BCUT2D eigenvalue weighted by Gasteiger charge is -2.25. The van der Waals surface area contributed by atoms with Gasteiger partial charge in [0.2, 0.25) is 0 Å². The van der Waals surface area contributed by atoms with Crippen molar-refractivity contribution in [2.45, 2.75) is 6.42 Å². The molecule has 6 heteroatoms. The first kappa shape index (κ1) is 14.6. The van der Waals surface area contributed by atoms with E-state index in [-0.39, 0.29) is 29.0 Å². The molecule has 3 aromatic rings. The summed E-state index contributed by atoms with van der Waals surface area (Å²) in [7, 11) is 3.34. The molecule has 4 rings (SSSR count).